The van der Waals surface area contributed by atoms with E-state index in [9.17, 15) is 14.4 Å². The van der Waals surface area contributed by atoms with Crippen LogP contribution in [0.5, 0.6) is 0 Å². The Morgan fingerprint density at radius 1 is 1.13 bits per heavy atom. The third-order valence-electron chi connectivity index (χ3n) is 2.40. The van der Waals surface area contributed by atoms with E-state index >= 15 is 0 Å². The van der Waals surface area contributed by atoms with Crippen LogP contribution in [0.25, 0.3) is 0 Å². The largest absolute Gasteiger partial charge is 0.370 e. The monoisotopic (exact) mass is 213 g/mol. The van der Waals surface area contributed by atoms with Gasteiger partial charge in [-0.1, -0.05) is 0 Å². The molecule has 0 radical (unpaired) electrons. The smallest absolute Gasteiger partial charge is 0.223 e. The van der Waals surface area contributed by atoms with Gasteiger partial charge >= 0.3 is 0 Å². The SMILES string of the molecule is NC(=O)CCC(=O)N1CCN(C=O)CC1. The molecule has 6 heteroatoms. The average Bonchev–Trinajstić information content (AvgIpc) is 2.26. The minimum Gasteiger partial charge on any atom is -0.370 e. The number of rotatable bonds is 4. The number of primary amides is 1. The van der Waals surface area contributed by atoms with Gasteiger partial charge in [-0.05, 0) is 0 Å². The summed E-state index contributed by atoms with van der Waals surface area (Å²) >= 11 is 0. The van der Waals surface area contributed by atoms with Crippen molar-refractivity contribution in [2.24, 2.45) is 5.73 Å². The fourth-order valence-corrected chi connectivity index (χ4v) is 1.46. The van der Waals surface area contributed by atoms with E-state index in [4.69, 9.17) is 5.73 Å². The molecule has 2 N–H and O–H groups in total. The van der Waals surface area contributed by atoms with Gasteiger partial charge < -0.3 is 15.5 Å². The van der Waals surface area contributed by atoms with Crippen molar-refractivity contribution >= 4 is 18.2 Å². The molecule has 1 heterocycles. The zero-order valence-corrected chi connectivity index (χ0v) is 8.52. The van der Waals surface area contributed by atoms with E-state index in [1.54, 1.807) is 9.80 Å². The van der Waals surface area contributed by atoms with Gasteiger partial charge in [-0.25, -0.2) is 0 Å². The van der Waals surface area contributed by atoms with Crippen LogP contribution in [0.4, 0.5) is 0 Å². The van der Waals surface area contributed by atoms with E-state index in [0.29, 0.717) is 26.2 Å². The van der Waals surface area contributed by atoms with Crippen molar-refractivity contribution in [3.8, 4) is 0 Å². The lowest BCUT2D eigenvalue weighted by atomic mass is 10.2. The quantitative estimate of drug-likeness (QED) is 0.580. The molecule has 0 aromatic heterocycles. The van der Waals surface area contributed by atoms with E-state index in [2.05, 4.69) is 0 Å². The third-order valence-corrected chi connectivity index (χ3v) is 2.40. The number of nitrogens with two attached hydrogens (primary N) is 1. The summed E-state index contributed by atoms with van der Waals surface area (Å²) in [4.78, 5) is 35.7. The number of carbonyl (C=O) groups is 3. The van der Waals surface area contributed by atoms with Crippen LogP contribution >= 0.6 is 0 Å². The average molecular weight is 213 g/mol. The predicted octanol–water partition coefficient (Wildman–Crippen LogP) is -1.45. The minimum absolute atomic E-state index is 0.0700. The van der Waals surface area contributed by atoms with E-state index in [0.717, 1.165) is 6.41 Å². The molecule has 0 aliphatic carbocycles. The molecule has 1 fully saturated rings. The van der Waals surface area contributed by atoms with E-state index in [1.807, 2.05) is 0 Å². The summed E-state index contributed by atoms with van der Waals surface area (Å²) in [6, 6.07) is 0. The summed E-state index contributed by atoms with van der Waals surface area (Å²) < 4.78 is 0. The van der Waals surface area contributed by atoms with Crippen LogP contribution < -0.4 is 5.73 Å². The molecule has 84 valence electrons. The van der Waals surface area contributed by atoms with E-state index in [1.165, 1.54) is 0 Å². The molecule has 6 nitrogen and oxygen atoms in total. The van der Waals surface area contributed by atoms with Crippen LogP contribution in [0, 0.1) is 0 Å². The van der Waals surface area contributed by atoms with Gasteiger partial charge in [0.05, 0.1) is 0 Å². The highest BCUT2D eigenvalue weighted by molar-refractivity contribution is 5.83. The molecule has 0 aromatic rings. The van der Waals surface area contributed by atoms with Gasteiger partial charge in [0, 0.05) is 39.0 Å². The Morgan fingerprint density at radius 2 is 1.73 bits per heavy atom. The zero-order valence-electron chi connectivity index (χ0n) is 8.52. The number of hydrogen-bond donors (Lipinski definition) is 1. The third kappa shape index (κ3) is 3.57. The van der Waals surface area contributed by atoms with Crippen LogP contribution in [-0.2, 0) is 14.4 Å². The highest BCUT2D eigenvalue weighted by atomic mass is 16.2. The molecule has 0 spiro atoms. The Balaban J connectivity index is 2.29. The summed E-state index contributed by atoms with van der Waals surface area (Å²) in [6.45, 7) is 2.20. The molecular weight excluding hydrogens is 198 g/mol. The molecule has 1 rings (SSSR count). The standard InChI is InChI=1S/C9H15N3O3/c10-8(14)1-2-9(15)12-5-3-11(7-13)4-6-12/h7H,1-6H2,(H2,10,14). The maximum atomic E-state index is 11.5. The fraction of sp³-hybridized carbons (Fsp3) is 0.667. The van der Waals surface area contributed by atoms with E-state index in [-0.39, 0.29) is 18.7 Å². The van der Waals surface area contributed by atoms with Crippen molar-refractivity contribution in [1.82, 2.24) is 9.80 Å². The first-order valence-electron chi connectivity index (χ1n) is 4.89. The second-order valence-electron chi connectivity index (χ2n) is 3.49. The van der Waals surface area contributed by atoms with Gasteiger partial charge in [-0.2, -0.15) is 0 Å². The number of carbonyl (C=O) groups excluding carboxylic acids is 3. The lowest BCUT2D eigenvalue weighted by Crippen LogP contribution is -2.48. The van der Waals surface area contributed by atoms with Gasteiger partial charge in [0.15, 0.2) is 0 Å². The van der Waals surface area contributed by atoms with Gasteiger partial charge in [0.1, 0.15) is 0 Å². The summed E-state index contributed by atoms with van der Waals surface area (Å²) in [5.74, 6) is -0.533. The maximum Gasteiger partial charge on any atom is 0.223 e. The van der Waals surface area contributed by atoms with Gasteiger partial charge in [0.25, 0.3) is 0 Å². The molecule has 1 aliphatic heterocycles. The lowest BCUT2D eigenvalue weighted by molar-refractivity contribution is -0.136. The number of piperazine rings is 1. The fourth-order valence-electron chi connectivity index (χ4n) is 1.46. The Kier molecular flexibility index (Phi) is 4.08. The van der Waals surface area contributed by atoms with Crippen LogP contribution in [0.1, 0.15) is 12.8 Å². The second kappa shape index (κ2) is 5.33. The van der Waals surface area contributed by atoms with Crippen molar-refractivity contribution in [3.63, 3.8) is 0 Å². The molecule has 0 unspecified atom stereocenters. The van der Waals surface area contributed by atoms with Crippen LogP contribution in [0.2, 0.25) is 0 Å². The molecule has 1 saturated heterocycles. The van der Waals surface area contributed by atoms with E-state index < -0.39 is 5.91 Å². The molecule has 15 heavy (non-hydrogen) atoms. The molecule has 0 atom stereocenters. The molecule has 0 bridgehead atoms. The Bertz CT molecular complexity index is 259. The first kappa shape index (κ1) is 11.5. The summed E-state index contributed by atoms with van der Waals surface area (Å²) in [5, 5.41) is 0. The molecular formula is C9H15N3O3. The Morgan fingerprint density at radius 3 is 2.20 bits per heavy atom. The number of amides is 3. The van der Waals surface area contributed by atoms with Gasteiger partial charge in [-0.3, -0.25) is 14.4 Å². The second-order valence-corrected chi connectivity index (χ2v) is 3.49. The maximum absolute atomic E-state index is 11.5. The van der Waals surface area contributed by atoms with Crippen molar-refractivity contribution in [2.45, 2.75) is 12.8 Å². The molecule has 0 aromatic carbocycles. The predicted molar refractivity (Wildman–Crippen MR) is 52.6 cm³/mol. The van der Waals surface area contributed by atoms with Gasteiger partial charge in [-0.15, -0.1) is 0 Å². The van der Waals surface area contributed by atoms with Crippen LogP contribution in [0.15, 0.2) is 0 Å². The Hall–Kier alpha value is -1.59. The summed E-state index contributed by atoms with van der Waals surface area (Å²) in [7, 11) is 0. The van der Waals surface area contributed by atoms with Crippen molar-refractivity contribution < 1.29 is 14.4 Å². The molecule has 3 amide bonds. The minimum atomic E-state index is -0.463. The Labute approximate surface area is 88.0 Å². The van der Waals surface area contributed by atoms with Crippen molar-refractivity contribution in [3.05, 3.63) is 0 Å². The topological polar surface area (TPSA) is 83.7 Å². The summed E-state index contributed by atoms with van der Waals surface area (Å²) in [5.41, 5.74) is 4.95. The highest BCUT2D eigenvalue weighted by Crippen LogP contribution is 2.03. The van der Waals surface area contributed by atoms with Crippen molar-refractivity contribution in [1.29, 1.82) is 0 Å². The zero-order chi connectivity index (χ0) is 11.3. The molecule has 1 aliphatic rings. The number of nitrogens with zero attached hydrogens (tertiary/aromatic N) is 2. The van der Waals surface area contributed by atoms with Crippen LogP contribution in [0.3, 0.4) is 0 Å². The molecule has 0 saturated carbocycles. The summed E-state index contributed by atoms with van der Waals surface area (Å²) in [6.07, 6.45) is 1.04. The van der Waals surface area contributed by atoms with Crippen LogP contribution in [-0.4, -0.2) is 54.2 Å². The first-order valence-corrected chi connectivity index (χ1v) is 4.89. The van der Waals surface area contributed by atoms with Crippen molar-refractivity contribution in [2.75, 3.05) is 26.2 Å². The van der Waals surface area contributed by atoms with Gasteiger partial charge in [0.2, 0.25) is 18.2 Å². The first-order chi connectivity index (χ1) is 7.13. The normalized spacial score (nSPS) is 16.3. The lowest BCUT2D eigenvalue weighted by Gasteiger charge is -2.32. The highest BCUT2D eigenvalue weighted by Gasteiger charge is 2.19. The number of hydrogen-bond acceptors (Lipinski definition) is 3.